The number of nitrogens with two attached hydrogens (primary N) is 1. The molecule has 1 fully saturated rings. The number of hydrogen-bond donors (Lipinski definition) is 1. The first-order valence-electron chi connectivity index (χ1n) is 7.80. The molecule has 20 heavy (non-hydrogen) atoms. The number of aromatic nitrogens is 1. The van der Waals surface area contributed by atoms with Crippen molar-refractivity contribution in [1.29, 1.82) is 0 Å². The molecule has 1 aromatic heterocycles. The smallest absolute Gasteiger partial charge is 0.0416 e. The van der Waals surface area contributed by atoms with Crippen LogP contribution < -0.4 is 5.73 Å². The fourth-order valence-corrected chi connectivity index (χ4v) is 3.30. The molecule has 2 unspecified atom stereocenters. The molecule has 0 bridgehead atoms. The zero-order valence-corrected chi connectivity index (χ0v) is 13.2. The highest BCUT2D eigenvalue weighted by Gasteiger charge is 2.33. The van der Waals surface area contributed by atoms with Gasteiger partial charge in [-0.2, -0.15) is 0 Å². The third kappa shape index (κ3) is 4.57. The summed E-state index contributed by atoms with van der Waals surface area (Å²) in [6.45, 7) is 6.91. The molecule has 2 atom stereocenters. The second-order valence-electron chi connectivity index (χ2n) is 7.16. The average molecular weight is 275 g/mol. The van der Waals surface area contributed by atoms with E-state index in [9.17, 15) is 0 Å². The molecule has 2 N–H and O–H groups in total. The summed E-state index contributed by atoms with van der Waals surface area (Å²) in [7, 11) is 2.21. The molecule has 0 aliphatic heterocycles. The summed E-state index contributed by atoms with van der Waals surface area (Å²) < 4.78 is 0. The van der Waals surface area contributed by atoms with Gasteiger partial charge in [-0.15, -0.1) is 0 Å². The molecule has 1 aliphatic rings. The Morgan fingerprint density at radius 2 is 2.20 bits per heavy atom. The van der Waals surface area contributed by atoms with Gasteiger partial charge in [0.05, 0.1) is 0 Å². The minimum atomic E-state index is 0.375. The van der Waals surface area contributed by atoms with Crippen LogP contribution in [0.3, 0.4) is 0 Å². The van der Waals surface area contributed by atoms with Crippen LogP contribution in [-0.2, 0) is 6.42 Å². The fourth-order valence-electron chi connectivity index (χ4n) is 3.30. The van der Waals surface area contributed by atoms with Crippen LogP contribution in [0.4, 0.5) is 0 Å². The maximum Gasteiger partial charge on any atom is 0.0416 e. The minimum Gasteiger partial charge on any atom is -0.327 e. The third-order valence-electron chi connectivity index (χ3n) is 4.60. The lowest BCUT2D eigenvalue weighted by molar-refractivity contribution is 0.125. The van der Waals surface area contributed by atoms with Gasteiger partial charge in [0.2, 0.25) is 0 Å². The molecule has 0 spiro atoms. The van der Waals surface area contributed by atoms with Gasteiger partial charge in [0.25, 0.3) is 0 Å². The molecule has 0 radical (unpaired) electrons. The second kappa shape index (κ2) is 6.68. The van der Waals surface area contributed by atoms with Gasteiger partial charge in [-0.05, 0) is 49.8 Å². The van der Waals surface area contributed by atoms with Crippen LogP contribution in [0.1, 0.15) is 38.8 Å². The molecule has 3 heteroatoms. The Balaban J connectivity index is 1.80. The first-order valence-corrected chi connectivity index (χ1v) is 7.80. The van der Waals surface area contributed by atoms with Gasteiger partial charge < -0.3 is 10.6 Å². The van der Waals surface area contributed by atoms with E-state index in [0.29, 0.717) is 17.4 Å². The standard InChI is InChI=1S/C17H29N3/c1-17(2)9-7-16(18)14(12-17)13-20(3)11-8-15-6-4-5-10-19-15/h4-6,10,14,16H,7-9,11-13,18H2,1-3H3. The van der Waals surface area contributed by atoms with Gasteiger partial charge in [-0.3, -0.25) is 4.98 Å². The molecule has 0 aromatic carbocycles. The van der Waals surface area contributed by atoms with E-state index in [0.717, 1.165) is 19.5 Å². The van der Waals surface area contributed by atoms with Crippen molar-refractivity contribution in [2.45, 2.75) is 45.6 Å². The fraction of sp³-hybridized carbons (Fsp3) is 0.706. The zero-order chi connectivity index (χ0) is 14.6. The molecule has 0 amide bonds. The molecule has 1 aliphatic carbocycles. The van der Waals surface area contributed by atoms with E-state index >= 15 is 0 Å². The average Bonchev–Trinajstić information content (AvgIpc) is 2.42. The molecule has 112 valence electrons. The molecule has 1 aromatic rings. The third-order valence-corrected chi connectivity index (χ3v) is 4.60. The summed E-state index contributed by atoms with van der Waals surface area (Å²) in [5.74, 6) is 0.632. The Hall–Kier alpha value is -0.930. The van der Waals surface area contributed by atoms with Crippen LogP contribution in [0.25, 0.3) is 0 Å². The highest BCUT2D eigenvalue weighted by molar-refractivity contribution is 5.03. The lowest BCUT2D eigenvalue weighted by Gasteiger charge is -2.40. The summed E-state index contributed by atoms with van der Waals surface area (Å²) in [6.07, 6.45) is 6.58. The number of hydrogen-bond acceptors (Lipinski definition) is 3. The van der Waals surface area contributed by atoms with E-state index in [1.165, 1.54) is 25.0 Å². The molecule has 3 nitrogen and oxygen atoms in total. The van der Waals surface area contributed by atoms with E-state index in [2.05, 4.69) is 42.9 Å². The Kier molecular flexibility index (Phi) is 5.17. The maximum atomic E-state index is 6.32. The topological polar surface area (TPSA) is 42.2 Å². The number of rotatable bonds is 5. The van der Waals surface area contributed by atoms with Crippen LogP contribution in [0.2, 0.25) is 0 Å². The van der Waals surface area contributed by atoms with E-state index in [-0.39, 0.29) is 0 Å². The quantitative estimate of drug-likeness (QED) is 0.898. The summed E-state index contributed by atoms with van der Waals surface area (Å²) >= 11 is 0. The summed E-state index contributed by atoms with van der Waals surface area (Å²) in [5, 5.41) is 0. The van der Waals surface area contributed by atoms with Gasteiger partial charge in [0, 0.05) is 37.4 Å². The van der Waals surface area contributed by atoms with Gasteiger partial charge in [-0.25, -0.2) is 0 Å². The monoisotopic (exact) mass is 275 g/mol. The van der Waals surface area contributed by atoms with Crippen molar-refractivity contribution in [3.8, 4) is 0 Å². The van der Waals surface area contributed by atoms with Gasteiger partial charge in [0.15, 0.2) is 0 Å². The number of pyridine rings is 1. The first-order chi connectivity index (χ1) is 9.46. The van der Waals surface area contributed by atoms with Crippen molar-refractivity contribution >= 4 is 0 Å². The Morgan fingerprint density at radius 1 is 1.40 bits per heavy atom. The SMILES string of the molecule is CN(CCc1ccccn1)CC1CC(C)(C)CCC1N. The van der Waals surface area contributed by atoms with E-state index in [1.54, 1.807) is 0 Å². The highest BCUT2D eigenvalue weighted by atomic mass is 15.1. The molecular formula is C17H29N3. The lowest BCUT2D eigenvalue weighted by atomic mass is 9.70. The van der Waals surface area contributed by atoms with Crippen LogP contribution in [-0.4, -0.2) is 36.1 Å². The van der Waals surface area contributed by atoms with Gasteiger partial charge in [-0.1, -0.05) is 19.9 Å². The maximum absolute atomic E-state index is 6.32. The molecule has 1 saturated carbocycles. The van der Waals surface area contributed by atoms with Crippen molar-refractivity contribution in [3.63, 3.8) is 0 Å². The van der Waals surface area contributed by atoms with Crippen molar-refractivity contribution in [3.05, 3.63) is 30.1 Å². The highest BCUT2D eigenvalue weighted by Crippen LogP contribution is 2.38. The predicted molar refractivity (Wildman–Crippen MR) is 84.5 cm³/mol. The van der Waals surface area contributed by atoms with Crippen molar-refractivity contribution in [2.75, 3.05) is 20.1 Å². The van der Waals surface area contributed by atoms with Crippen molar-refractivity contribution < 1.29 is 0 Å². The molecule has 2 rings (SSSR count). The Morgan fingerprint density at radius 3 is 2.90 bits per heavy atom. The molecule has 1 heterocycles. The van der Waals surface area contributed by atoms with E-state index < -0.39 is 0 Å². The van der Waals surface area contributed by atoms with Crippen LogP contribution in [0.15, 0.2) is 24.4 Å². The summed E-state index contributed by atoms with van der Waals surface area (Å²) in [6, 6.07) is 6.50. The van der Waals surface area contributed by atoms with Crippen LogP contribution >= 0.6 is 0 Å². The summed E-state index contributed by atoms with van der Waals surface area (Å²) in [4.78, 5) is 6.80. The molecular weight excluding hydrogens is 246 g/mol. The van der Waals surface area contributed by atoms with Crippen molar-refractivity contribution in [1.82, 2.24) is 9.88 Å². The van der Waals surface area contributed by atoms with Gasteiger partial charge >= 0.3 is 0 Å². The first kappa shape index (κ1) is 15.5. The molecule has 0 saturated heterocycles. The van der Waals surface area contributed by atoms with Gasteiger partial charge in [0.1, 0.15) is 0 Å². The zero-order valence-electron chi connectivity index (χ0n) is 13.2. The second-order valence-corrected chi connectivity index (χ2v) is 7.16. The lowest BCUT2D eigenvalue weighted by Crippen LogP contribution is -2.44. The Bertz CT molecular complexity index is 402. The largest absolute Gasteiger partial charge is 0.327 e. The number of nitrogens with zero attached hydrogens (tertiary/aromatic N) is 2. The van der Waals surface area contributed by atoms with E-state index in [4.69, 9.17) is 5.73 Å². The summed E-state index contributed by atoms with van der Waals surface area (Å²) in [5.41, 5.74) is 7.95. The predicted octanol–water partition coefficient (Wildman–Crippen LogP) is 2.71. The Labute approximate surface area is 123 Å². The normalized spacial score (nSPS) is 25.9. The van der Waals surface area contributed by atoms with Crippen molar-refractivity contribution in [2.24, 2.45) is 17.1 Å². The van der Waals surface area contributed by atoms with Crippen LogP contribution in [0.5, 0.6) is 0 Å². The van der Waals surface area contributed by atoms with Crippen LogP contribution in [0, 0.1) is 11.3 Å². The minimum absolute atomic E-state index is 0.375. The van der Waals surface area contributed by atoms with E-state index in [1.807, 2.05) is 12.3 Å². The number of likely N-dealkylation sites (N-methyl/N-ethyl adjacent to an activating group) is 1.